The van der Waals surface area contributed by atoms with E-state index in [1.54, 1.807) is 0 Å². The summed E-state index contributed by atoms with van der Waals surface area (Å²) in [7, 11) is 0. The number of rotatable bonds is 3. The maximum absolute atomic E-state index is 12.5. The van der Waals surface area contributed by atoms with E-state index in [4.69, 9.17) is 11.5 Å². The van der Waals surface area contributed by atoms with Crippen molar-refractivity contribution in [3.8, 4) is 0 Å². The lowest BCUT2D eigenvalue weighted by Gasteiger charge is -2.33. The van der Waals surface area contributed by atoms with Crippen LogP contribution < -0.4 is 21.7 Å². The highest BCUT2D eigenvalue weighted by molar-refractivity contribution is 9.10. The molecule has 0 aliphatic carbocycles. The molecule has 2 heterocycles. The summed E-state index contributed by atoms with van der Waals surface area (Å²) < 4.78 is 0.456. The average molecular weight is 391 g/mol. The van der Waals surface area contributed by atoms with Crippen LogP contribution in [0.4, 0.5) is 17.2 Å². The van der Waals surface area contributed by atoms with Crippen molar-refractivity contribution in [2.45, 2.75) is 18.9 Å². The number of piperidine rings is 1. The van der Waals surface area contributed by atoms with Crippen LogP contribution in [0.1, 0.15) is 23.3 Å². The lowest BCUT2D eigenvalue weighted by Crippen LogP contribution is -2.43. The number of anilines is 3. The highest BCUT2D eigenvalue weighted by Gasteiger charge is 2.21. The number of aromatic nitrogens is 2. The number of carbonyl (C=O) groups is 1. The van der Waals surface area contributed by atoms with Crippen molar-refractivity contribution in [1.29, 1.82) is 0 Å². The van der Waals surface area contributed by atoms with Gasteiger partial charge in [-0.25, -0.2) is 9.97 Å². The van der Waals surface area contributed by atoms with Gasteiger partial charge in [-0.3, -0.25) is 4.79 Å². The third kappa shape index (κ3) is 3.65. The molecule has 24 heavy (non-hydrogen) atoms. The van der Waals surface area contributed by atoms with E-state index in [1.807, 2.05) is 24.3 Å². The maximum atomic E-state index is 12.5. The van der Waals surface area contributed by atoms with Gasteiger partial charge >= 0.3 is 0 Å². The highest BCUT2D eigenvalue weighted by atomic mass is 79.9. The van der Waals surface area contributed by atoms with E-state index < -0.39 is 5.91 Å². The molecule has 1 fully saturated rings. The fourth-order valence-corrected chi connectivity index (χ4v) is 3.09. The summed E-state index contributed by atoms with van der Waals surface area (Å²) in [5.41, 5.74) is 13.6. The molecule has 5 N–H and O–H groups in total. The Labute approximate surface area is 148 Å². The number of hydrogen-bond donors (Lipinski definition) is 3. The van der Waals surface area contributed by atoms with Crippen LogP contribution in [0, 0.1) is 0 Å². The minimum atomic E-state index is -0.393. The quantitative estimate of drug-likeness (QED) is 0.738. The second kappa shape index (κ2) is 7.14. The average Bonchev–Trinajstić information content (AvgIpc) is 2.57. The summed E-state index contributed by atoms with van der Waals surface area (Å²) in [5, 5.41) is 2.88. The van der Waals surface area contributed by atoms with Gasteiger partial charge in [-0.15, -0.1) is 0 Å². The van der Waals surface area contributed by atoms with Gasteiger partial charge in [0.15, 0.2) is 11.5 Å². The van der Waals surface area contributed by atoms with Crippen LogP contribution in [-0.4, -0.2) is 35.0 Å². The molecule has 7 nitrogen and oxygen atoms in total. The highest BCUT2D eigenvalue weighted by Crippen LogP contribution is 2.28. The predicted molar refractivity (Wildman–Crippen MR) is 98.0 cm³/mol. The molecule has 3 rings (SSSR count). The van der Waals surface area contributed by atoms with E-state index in [1.165, 1.54) is 6.20 Å². The van der Waals surface area contributed by atoms with E-state index in [0.717, 1.165) is 31.6 Å². The molecule has 8 heteroatoms. The zero-order valence-corrected chi connectivity index (χ0v) is 14.7. The molecule has 1 aliphatic heterocycles. The third-order valence-corrected chi connectivity index (χ3v) is 4.32. The van der Waals surface area contributed by atoms with Gasteiger partial charge in [0.2, 0.25) is 0 Å². The molecule has 0 radical (unpaired) electrons. The third-order valence-electron chi connectivity index (χ3n) is 3.94. The smallest absolute Gasteiger partial charge is 0.278 e. The van der Waals surface area contributed by atoms with E-state index in [0.29, 0.717) is 10.3 Å². The first-order chi connectivity index (χ1) is 11.5. The lowest BCUT2D eigenvalue weighted by atomic mass is 10.1. The molecule has 1 aromatic carbocycles. The molecule has 126 valence electrons. The second-order valence-corrected chi connectivity index (χ2v) is 6.56. The lowest BCUT2D eigenvalue weighted by molar-refractivity contribution is 0.102. The van der Waals surface area contributed by atoms with Gasteiger partial charge in [0.1, 0.15) is 4.60 Å². The molecule has 1 unspecified atom stereocenters. The topological polar surface area (TPSA) is 110 Å². The Morgan fingerprint density at radius 2 is 2.17 bits per heavy atom. The number of amides is 1. The Hall–Kier alpha value is -2.19. The maximum Gasteiger partial charge on any atom is 0.278 e. The Morgan fingerprint density at radius 3 is 2.96 bits per heavy atom. The Bertz CT molecular complexity index is 753. The summed E-state index contributed by atoms with van der Waals surface area (Å²) in [6.45, 7) is 1.69. The van der Waals surface area contributed by atoms with Crippen molar-refractivity contribution in [2.75, 3.05) is 29.0 Å². The minimum absolute atomic E-state index is 0.0909. The van der Waals surface area contributed by atoms with E-state index >= 15 is 0 Å². The number of nitrogens with zero attached hydrogens (tertiary/aromatic N) is 3. The van der Waals surface area contributed by atoms with Gasteiger partial charge in [0, 0.05) is 19.1 Å². The molecule has 0 spiro atoms. The summed E-state index contributed by atoms with van der Waals surface area (Å²) in [6, 6.07) is 7.80. The van der Waals surface area contributed by atoms with E-state index in [9.17, 15) is 4.79 Å². The molecule has 1 atom stereocenters. The fourth-order valence-electron chi connectivity index (χ4n) is 2.81. The van der Waals surface area contributed by atoms with Crippen LogP contribution in [0.15, 0.2) is 35.1 Å². The Morgan fingerprint density at radius 1 is 1.38 bits per heavy atom. The Balaban J connectivity index is 1.85. The van der Waals surface area contributed by atoms with Gasteiger partial charge in [-0.2, -0.15) is 0 Å². The van der Waals surface area contributed by atoms with Crippen molar-refractivity contribution < 1.29 is 4.79 Å². The van der Waals surface area contributed by atoms with Crippen molar-refractivity contribution in [3.05, 3.63) is 40.8 Å². The number of nitrogens with two attached hydrogens (primary N) is 2. The van der Waals surface area contributed by atoms with Crippen LogP contribution >= 0.6 is 15.9 Å². The van der Waals surface area contributed by atoms with Crippen LogP contribution in [0.2, 0.25) is 0 Å². The van der Waals surface area contributed by atoms with Gasteiger partial charge in [-0.1, -0.05) is 12.1 Å². The number of benzene rings is 1. The molecular weight excluding hydrogens is 372 g/mol. The number of halogens is 1. The molecular formula is C16H19BrN6O. The SMILES string of the molecule is Nc1ncc(Br)nc1C(=O)Nc1ccccc1N1CCCC(N)C1. The standard InChI is InChI=1S/C16H19BrN6O/c17-13-8-20-15(19)14(22-13)16(24)21-11-5-1-2-6-12(11)23-7-3-4-10(18)9-23/h1-2,5-6,8,10H,3-4,7,9,18H2,(H2,19,20)(H,21,24). The molecule has 1 amide bonds. The Kier molecular flexibility index (Phi) is 4.96. The van der Waals surface area contributed by atoms with Gasteiger partial charge in [0.25, 0.3) is 5.91 Å². The van der Waals surface area contributed by atoms with Crippen molar-refractivity contribution in [3.63, 3.8) is 0 Å². The van der Waals surface area contributed by atoms with Gasteiger partial charge in [-0.05, 0) is 40.9 Å². The minimum Gasteiger partial charge on any atom is -0.382 e. The number of hydrogen-bond acceptors (Lipinski definition) is 6. The number of carbonyl (C=O) groups excluding carboxylic acids is 1. The monoisotopic (exact) mass is 390 g/mol. The number of para-hydroxylation sites is 2. The normalized spacial score (nSPS) is 17.6. The van der Waals surface area contributed by atoms with Gasteiger partial charge < -0.3 is 21.7 Å². The number of nitrogen functional groups attached to an aromatic ring is 1. The molecule has 1 saturated heterocycles. The second-order valence-electron chi connectivity index (χ2n) is 5.75. The summed E-state index contributed by atoms with van der Waals surface area (Å²) in [6.07, 6.45) is 3.51. The van der Waals surface area contributed by atoms with Crippen LogP contribution in [0.3, 0.4) is 0 Å². The zero-order chi connectivity index (χ0) is 17.1. The first-order valence-corrected chi connectivity index (χ1v) is 8.53. The summed E-state index contributed by atoms with van der Waals surface area (Å²) in [4.78, 5) is 22.8. The first kappa shape index (κ1) is 16.7. The van der Waals surface area contributed by atoms with Crippen molar-refractivity contribution in [1.82, 2.24) is 9.97 Å². The van der Waals surface area contributed by atoms with E-state index in [-0.39, 0.29) is 17.6 Å². The zero-order valence-electron chi connectivity index (χ0n) is 13.1. The van der Waals surface area contributed by atoms with E-state index in [2.05, 4.69) is 36.1 Å². The number of nitrogens with one attached hydrogen (secondary N) is 1. The van der Waals surface area contributed by atoms with Crippen molar-refractivity contribution in [2.24, 2.45) is 5.73 Å². The van der Waals surface area contributed by atoms with Gasteiger partial charge in [0.05, 0.1) is 17.6 Å². The molecule has 0 bridgehead atoms. The predicted octanol–water partition coefficient (Wildman–Crippen LogP) is 2.00. The first-order valence-electron chi connectivity index (χ1n) is 7.73. The van der Waals surface area contributed by atoms with Crippen molar-refractivity contribution >= 4 is 39.0 Å². The van der Waals surface area contributed by atoms with Crippen LogP contribution in [0.5, 0.6) is 0 Å². The largest absolute Gasteiger partial charge is 0.382 e. The summed E-state index contributed by atoms with van der Waals surface area (Å²) >= 11 is 3.20. The molecule has 0 saturated carbocycles. The fraction of sp³-hybridized carbons (Fsp3) is 0.312. The summed E-state index contributed by atoms with van der Waals surface area (Å²) in [5.74, 6) is -0.303. The van der Waals surface area contributed by atoms with Crippen LogP contribution in [0.25, 0.3) is 0 Å². The molecule has 2 aromatic rings. The van der Waals surface area contributed by atoms with Crippen LogP contribution in [-0.2, 0) is 0 Å². The molecule has 1 aromatic heterocycles. The molecule has 1 aliphatic rings.